The van der Waals surface area contributed by atoms with Gasteiger partial charge in [0.1, 0.15) is 5.75 Å². The quantitative estimate of drug-likeness (QED) is 0.396. The molecule has 0 fully saturated rings. The number of benzene rings is 2. The maximum absolute atomic E-state index is 12.2. The summed E-state index contributed by atoms with van der Waals surface area (Å²) in [4.78, 5) is 23.2. The normalized spacial score (nSPS) is 18.9. The van der Waals surface area contributed by atoms with Crippen molar-refractivity contribution in [2.24, 2.45) is 5.10 Å². The summed E-state index contributed by atoms with van der Waals surface area (Å²) in [7, 11) is 0. The first kappa shape index (κ1) is 18.4. The number of carbonyl (C=O) groups excluding carboxylic acids is 2. The van der Waals surface area contributed by atoms with Crippen molar-refractivity contribution in [2.45, 2.75) is 26.5 Å². The molecule has 1 aliphatic rings. The molecule has 0 unspecified atom stereocenters. The lowest BCUT2D eigenvalue weighted by molar-refractivity contribution is -0.146. The van der Waals surface area contributed by atoms with Crippen LogP contribution in [0.1, 0.15) is 31.9 Å². The van der Waals surface area contributed by atoms with E-state index in [0.29, 0.717) is 17.2 Å². The van der Waals surface area contributed by atoms with Gasteiger partial charge in [0, 0.05) is 29.9 Å². The third-order valence-electron chi connectivity index (χ3n) is 3.94. The van der Waals surface area contributed by atoms with Crippen LogP contribution < -0.4 is 4.74 Å². The second-order valence-corrected chi connectivity index (χ2v) is 7.08. The fourth-order valence-corrected chi connectivity index (χ4v) is 3.35. The maximum atomic E-state index is 12.2. The molecule has 1 atom stereocenters. The molecular weight excluding hydrogens is 447 g/mol. The molecule has 2 aromatic rings. The van der Waals surface area contributed by atoms with Gasteiger partial charge in [0.05, 0.1) is 5.56 Å². The fourth-order valence-electron chi connectivity index (χ4n) is 2.73. The Morgan fingerprint density at radius 3 is 2.35 bits per heavy atom. The second-order valence-electron chi connectivity index (χ2n) is 5.92. The molecule has 3 rings (SSSR count). The molecular formula is C19H17IN2O4. The van der Waals surface area contributed by atoms with Crippen LogP contribution in [0.2, 0.25) is 0 Å². The van der Waals surface area contributed by atoms with E-state index in [0.717, 1.165) is 9.13 Å². The molecule has 0 aromatic heterocycles. The van der Waals surface area contributed by atoms with Crippen LogP contribution >= 0.6 is 22.6 Å². The van der Waals surface area contributed by atoms with Gasteiger partial charge in [-0.15, -0.1) is 5.10 Å². The van der Waals surface area contributed by atoms with Crippen LogP contribution in [-0.4, -0.2) is 22.8 Å². The molecule has 1 aliphatic heterocycles. The van der Waals surface area contributed by atoms with Gasteiger partial charge >= 0.3 is 5.97 Å². The number of hydrogen-bond donors (Lipinski definition) is 0. The third-order valence-corrected chi connectivity index (χ3v) is 4.89. The molecule has 1 amide bonds. The second kappa shape index (κ2) is 7.06. The monoisotopic (exact) mass is 464 g/mol. The van der Waals surface area contributed by atoms with Crippen molar-refractivity contribution in [3.8, 4) is 5.75 Å². The summed E-state index contributed by atoms with van der Waals surface area (Å²) in [5.74, 6) is 0.181. The lowest BCUT2D eigenvalue weighted by atomic mass is 10.0. The Morgan fingerprint density at radius 2 is 1.77 bits per heavy atom. The van der Waals surface area contributed by atoms with Crippen molar-refractivity contribution >= 4 is 40.4 Å². The highest BCUT2D eigenvalue weighted by atomic mass is 127. The van der Waals surface area contributed by atoms with Crippen LogP contribution in [0.25, 0.3) is 0 Å². The molecule has 1 heterocycles. The first-order chi connectivity index (χ1) is 12.3. The van der Waals surface area contributed by atoms with E-state index in [1.165, 1.54) is 18.9 Å². The zero-order chi connectivity index (χ0) is 18.9. The van der Waals surface area contributed by atoms with Gasteiger partial charge in [0.2, 0.25) is 17.5 Å². The lowest BCUT2D eigenvalue weighted by Gasteiger charge is -2.31. The summed E-state index contributed by atoms with van der Waals surface area (Å²) in [6.45, 7) is 4.56. The minimum Gasteiger partial charge on any atom is -0.443 e. The lowest BCUT2D eigenvalue weighted by Crippen LogP contribution is -2.41. The summed E-state index contributed by atoms with van der Waals surface area (Å²) < 4.78 is 12.2. The molecule has 7 heteroatoms. The number of hydrazone groups is 1. The zero-order valence-electron chi connectivity index (χ0n) is 14.5. The summed E-state index contributed by atoms with van der Waals surface area (Å²) >= 11 is 2.20. The average Bonchev–Trinajstić information content (AvgIpc) is 2.94. The Morgan fingerprint density at radius 1 is 1.12 bits per heavy atom. The number of hydrogen-bond acceptors (Lipinski definition) is 5. The first-order valence-corrected chi connectivity index (χ1v) is 9.01. The average molecular weight is 464 g/mol. The van der Waals surface area contributed by atoms with E-state index < -0.39 is 11.7 Å². The van der Waals surface area contributed by atoms with E-state index in [-0.39, 0.29) is 5.91 Å². The van der Waals surface area contributed by atoms with Crippen LogP contribution in [-0.2, 0) is 20.1 Å². The van der Waals surface area contributed by atoms with Crippen molar-refractivity contribution < 1.29 is 19.1 Å². The molecule has 26 heavy (non-hydrogen) atoms. The Hall–Kier alpha value is -2.42. The molecule has 6 nitrogen and oxygen atoms in total. The molecule has 0 bridgehead atoms. The molecule has 0 spiro atoms. The molecule has 0 radical (unpaired) electrons. The Kier molecular flexibility index (Phi) is 4.99. The Labute approximate surface area is 164 Å². The van der Waals surface area contributed by atoms with Gasteiger partial charge in [0.15, 0.2) is 0 Å². The smallest absolute Gasteiger partial charge is 0.308 e. The largest absolute Gasteiger partial charge is 0.443 e. The molecule has 0 aliphatic carbocycles. The molecule has 0 saturated heterocycles. The van der Waals surface area contributed by atoms with E-state index in [2.05, 4.69) is 27.7 Å². The van der Waals surface area contributed by atoms with E-state index in [9.17, 15) is 9.59 Å². The standard InChI is InChI=1S/C19H17IN2O4/c1-12(23)22-19(3,14-8-10-15(11-9-14)25-13(2)24)26-18(21-22)16-6-4-5-7-17(16)20/h4-11H,1-3H3/t19-/m1/s1. The van der Waals surface area contributed by atoms with Crippen LogP contribution in [0.5, 0.6) is 5.75 Å². The predicted octanol–water partition coefficient (Wildman–Crippen LogP) is 3.63. The highest BCUT2D eigenvalue weighted by molar-refractivity contribution is 14.1. The first-order valence-electron chi connectivity index (χ1n) is 7.93. The van der Waals surface area contributed by atoms with Gasteiger partial charge < -0.3 is 9.47 Å². The summed E-state index contributed by atoms with van der Waals surface area (Å²) in [6, 6.07) is 14.5. The van der Waals surface area contributed by atoms with Crippen molar-refractivity contribution in [1.29, 1.82) is 0 Å². The van der Waals surface area contributed by atoms with Gasteiger partial charge in [-0.1, -0.05) is 12.1 Å². The minimum absolute atomic E-state index is 0.238. The summed E-state index contributed by atoms with van der Waals surface area (Å²) in [5.41, 5.74) is 0.447. The van der Waals surface area contributed by atoms with Gasteiger partial charge in [-0.3, -0.25) is 9.59 Å². The van der Waals surface area contributed by atoms with Crippen molar-refractivity contribution in [2.75, 3.05) is 0 Å². The zero-order valence-corrected chi connectivity index (χ0v) is 16.7. The third kappa shape index (κ3) is 3.44. The minimum atomic E-state index is -1.09. The number of ether oxygens (including phenoxy) is 2. The highest BCUT2D eigenvalue weighted by Gasteiger charge is 2.45. The van der Waals surface area contributed by atoms with Gasteiger partial charge in [-0.25, -0.2) is 0 Å². The number of rotatable bonds is 3. The Bertz CT molecular complexity index is 895. The van der Waals surface area contributed by atoms with E-state index in [4.69, 9.17) is 9.47 Å². The van der Waals surface area contributed by atoms with Crippen LogP contribution in [0.15, 0.2) is 53.6 Å². The number of amides is 1. The SMILES string of the molecule is CC(=O)Oc1ccc([C@@]2(C)OC(c3ccccc3I)=NN2C(C)=O)cc1. The van der Waals surface area contributed by atoms with Crippen LogP contribution in [0, 0.1) is 3.57 Å². The number of esters is 1. The van der Waals surface area contributed by atoms with Gasteiger partial charge in [0.25, 0.3) is 0 Å². The van der Waals surface area contributed by atoms with Crippen molar-refractivity contribution in [3.63, 3.8) is 0 Å². The number of carbonyl (C=O) groups is 2. The Balaban J connectivity index is 1.97. The van der Waals surface area contributed by atoms with Crippen molar-refractivity contribution in [3.05, 3.63) is 63.2 Å². The number of halogens is 1. The van der Waals surface area contributed by atoms with Gasteiger partial charge in [-0.2, -0.15) is 5.01 Å². The topological polar surface area (TPSA) is 68.2 Å². The summed E-state index contributed by atoms with van der Waals surface area (Å²) in [5, 5.41) is 5.73. The predicted molar refractivity (Wildman–Crippen MR) is 104 cm³/mol. The number of nitrogens with zero attached hydrogens (tertiary/aromatic N) is 2. The van der Waals surface area contributed by atoms with E-state index in [1.807, 2.05) is 24.3 Å². The van der Waals surface area contributed by atoms with Gasteiger partial charge in [-0.05, 0) is 59.0 Å². The fraction of sp³-hybridized carbons (Fsp3) is 0.211. The molecule has 2 aromatic carbocycles. The van der Waals surface area contributed by atoms with E-state index in [1.54, 1.807) is 31.2 Å². The summed E-state index contributed by atoms with van der Waals surface area (Å²) in [6.07, 6.45) is 0. The molecule has 134 valence electrons. The maximum Gasteiger partial charge on any atom is 0.308 e. The van der Waals surface area contributed by atoms with E-state index >= 15 is 0 Å². The molecule has 0 saturated carbocycles. The van der Waals surface area contributed by atoms with Crippen LogP contribution in [0.3, 0.4) is 0 Å². The highest BCUT2D eigenvalue weighted by Crippen LogP contribution is 2.37. The molecule has 0 N–H and O–H groups in total. The van der Waals surface area contributed by atoms with Crippen LogP contribution in [0.4, 0.5) is 0 Å². The van der Waals surface area contributed by atoms with Crippen molar-refractivity contribution in [1.82, 2.24) is 5.01 Å².